The van der Waals surface area contributed by atoms with Crippen molar-refractivity contribution in [1.29, 1.82) is 0 Å². The molecule has 1 aliphatic carbocycles. The zero-order valence-corrected chi connectivity index (χ0v) is 17.8. The summed E-state index contributed by atoms with van der Waals surface area (Å²) in [5.74, 6) is 0. The highest BCUT2D eigenvalue weighted by atomic mass is 15.2. The molecule has 0 saturated heterocycles. The first kappa shape index (κ1) is 18.5. The van der Waals surface area contributed by atoms with Crippen molar-refractivity contribution in [1.82, 2.24) is 30.1 Å². The average Bonchev–Trinajstić information content (AvgIpc) is 3.57. The minimum atomic E-state index is 0.675. The van der Waals surface area contributed by atoms with Gasteiger partial charge in [0.1, 0.15) is 5.65 Å². The number of allylic oxidation sites excluding steroid dienone is 4. The van der Waals surface area contributed by atoms with Crippen LogP contribution in [0.2, 0.25) is 0 Å². The lowest BCUT2D eigenvalue weighted by Crippen LogP contribution is -2.08. The molecule has 0 aliphatic heterocycles. The normalized spacial score (nSPS) is 13.2. The zero-order valence-electron chi connectivity index (χ0n) is 17.8. The maximum Gasteiger partial charge on any atom is 0.181 e. The Morgan fingerprint density at radius 2 is 1.88 bits per heavy atom. The summed E-state index contributed by atoms with van der Waals surface area (Å²) < 4.78 is 0. The van der Waals surface area contributed by atoms with Crippen LogP contribution in [0.15, 0.2) is 67.3 Å². The fourth-order valence-electron chi connectivity index (χ4n) is 4.16. The van der Waals surface area contributed by atoms with Crippen LogP contribution < -0.4 is 4.90 Å². The molecule has 5 aromatic rings. The lowest BCUT2D eigenvalue weighted by Gasteiger charge is -2.12. The lowest BCUT2D eigenvalue weighted by atomic mass is 10.0. The quantitative estimate of drug-likeness (QED) is 0.429. The summed E-state index contributed by atoms with van der Waals surface area (Å²) in [7, 11) is 4.01. The van der Waals surface area contributed by atoms with Crippen LogP contribution in [0, 0.1) is 0 Å². The summed E-state index contributed by atoms with van der Waals surface area (Å²) in [5.41, 5.74) is 8.82. The summed E-state index contributed by atoms with van der Waals surface area (Å²) in [4.78, 5) is 19.0. The summed E-state index contributed by atoms with van der Waals surface area (Å²) in [6.07, 6.45) is 14.9. The lowest BCUT2D eigenvalue weighted by molar-refractivity contribution is 1.10. The minimum Gasteiger partial charge on any atom is -0.376 e. The molecule has 0 unspecified atom stereocenters. The van der Waals surface area contributed by atoms with Gasteiger partial charge in [0.05, 0.1) is 23.3 Å². The largest absolute Gasteiger partial charge is 0.376 e. The van der Waals surface area contributed by atoms with E-state index >= 15 is 0 Å². The highest BCUT2D eigenvalue weighted by Gasteiger charge is 2.16. The van der Waals surface area contributed by atoms with Crippen LogP contribution in [0.4, 0.5) is 5.69 Å². The molecule has 7 nitrogen and oxygen atoms in total. The van der Waals surface area contributed by atoms with Crippen LogP contribution in [-0.4, -0.2) is 44.2 Å². The van der Waals surface area contributed by atoms with E-state index in [0.717, 1.165) is 51.0 Å². The number of aromatic amines is 2. The second-order valence-corrected chi connectivity index (χ2v) is 8.12. The van der Waals surface area contributed by atoms with Crippen LogP contribution in [-0.2, 0) is 0 Å². The van der Waals surface area contributed by atoms with E-state index in [9.17, 15) is 0 Å². The fraction of sp³-hybridized carbons (Fsp3) is 0.120. The molecule has 0 fully saturated rings. The Morgan fingerprint density at radius 3 is 2.72 bits per heavy atom. The number of hydrogen-bond acceptors (Lipinski definition) is 5. The second kappa shape index (κ2) is 7.16. The maximum absolute atomic E-state index is 4.58. The highest BCUT2D eigenvalue weighted by Crippen LogP contribution is 2.34. The molecule has 5 heterocycles. The van der Waals surface area contributed by atoms with E-state index in [4.69, 9.17) is 0 Å². The summed E-state index contributed by atoms with van der Waals surface area (Å²) in [6, 6.07) is 8.42. The molecule has 0 bridgehead atoms. The fourth-order valence-corrected chi connectivity index (χ4v) is 4.16. The van der Waals surface area contributed by atoms with Crippen molar-refractivity contribution in [3.05, 3.63) is 72.8 Å². The van der Waals surface area contributed by atoms with Crippen molar-refractivity contribution in [3.63, 3.8) is 0 Å². The molecule has 0 spiro atoms. The van der Waals surface area contributed by atoms with Gasteiger partial charge < -0.3 is 9.88 Å². The minimum absolute atomic E-state index is 0.675. The number of fused-ring (bicyclic) bond motifs is 2. The Balaban J connectivity index is 1.48. The van der Waals surface area contributed by atoms with E-state index in [1.165, 1.54) is 11.1 Å². The number of anilines is 1. The molecule has 0 radical (unpaired) electrons. The number of aromatic nitrogens is 6. The maximum atomic E-state index is 4.58. The van der Waals surface area contributed by atoms with Crippen LogP contribution in [0.1, 0.15) is 12.0 Å². The van der Waals surface area contributed by atoms with Crippen LogP contribution in [0.5, 0.6) is 0 Å². The molecule has 2 N–H and O–H groups in total. The van der Waals surface area contributed by atoms with E-state index in [1.807, 2.05) is 43.8 Å². The monoisotopic (exact) mass is 419 g/mol. The molecule has 0 saturated carbocycles. The van der Waals surface area contributed by atoms with Crippen molar-refractivity contribution in [2.45, 2.75) is 6.42 Å². The third-order valence-electron chi connectivity index (χ3n) is 5.87. The summed E-state index contributed by atoms with van der Waals surface area (Å²) in [6.45, 7) is 0. The molecule has 0 aromatic carbocycles. The first-order valence-corrected chi connectivity index (χ1v) is 10.5. The average molecular weight is 419 g/mol. The number of pyridine rings is 3. The third kappa shape index (κ3) is 2.98. The number of rotatable bonds is 4. The van der Waals surface area contributed by atoms with Gasteiger partial charge in [-0.25, -0.2) is 9.97 Å². The third-order valence-corrected chi connectivity index (χ3v) is 5.87. The Morgan fingerprint density at radius 1 is 0.969 bits per heavy atom. The topological polar surface area (TPSA) is 86.4 Å². The van der Waals surface area contributed by atoms with Crippen molar-refractivity contribution >= 4 is 33.3 Å². The number of hydrogen-bond donors (Lipinski definition) is 2. The van der Waals surface area contributed by atoms with Gasteiger partial charge in [-0.15, -0.1) is 0 Å². The number of nitrogens with one attached hydrogen (secondary N) is 2. The Bertz CT molecular complexity index is 1530. The van der Waals surface area contributed by atoms with Gasteiger partial charge in [-0.2, -0.15) is 5.10 Å². The molecule has 6 rings (SSSR count). The molecule has 32 heavy (non-hydrogen) atoms. The van der Waals surface area contributed by atoms with Crippen LogP contribution in [0.25, 0.3) is 50.2 Å². The van der Waals surface area contributed by atoms with E-state index in [1.54, 1.807) is 0 Å². The number of H-pyrrole nitrogens is 2. The standard InChI is InChI=1S/C25H21N7/c1-32(2)18-9-16(12-26-14-18)17-10-21-23(30-31-25(21)28-13-17)22-11-20-19(15-5-3-4-6-15)7-8-27-24(20)29-22/h3,5-14H,4H2,1-2H3,(H,27,29)(H,28,30,31). The number of nitrogens with zero attached hydrogens (tertiary/aromatic N) is 5. The van der Waals surface area contributed by atoms with E-state index in [0.29, 0.717) is 5.65 Å². The second-order valence-electron chi connectivity index (χ2n) is 8.12. The van der Waals surface area contributed by atoms with Crippen molar-refractivity contribution in [2.75, 3.05) is 19.0 Å². The van der Waals surface area contributed by atoms with E-state index in [-0.39, 0.29) is 0 Å². The SMILES string of the molecule is CN(C)c1cncc(-c2cnc3n[nH]c(-c4cc5c(C6=CCC=C6)ccnc5[nH]4)c3c2)c1. The Labute approximate surface area is 184 Å². The van der Waals surface area contributed by atoms with Crippen molar-refractivity contribution < 1.29 is 0 Å². The van der Waals surface area contributed by atoms with Crippen LogP contribution in [0.3, 0.4) is 0 Å². The van der Waals surface area contributed by atoms with Gasteiger partial charge >= 0.3 is 0 Å². The first-order chi connectivity index (χ1) is 15.7. The molecule has 7 heteroatoms. The Hall–Kier alpha value is -4.26. The summed E-state index contributed by atoms with van der Waals surface area (Å²) >= 11 is 0. The van der Waals surface area contributed by atoms with Gasteiger partial charge in [0.15, 0.2) is 5.65 Å². The molecule has 5 aromatic heterocycles. The smallest absolute Gasteiger partial charge is 0.181 e. The predicted octanol–water partition coefficient (Wildman–Crippen LogP) is 4.97. The molecule has 0 atom stereocenters. The molecular formula is C25H21N7. The molecule has 0 amide bonds. The van der Waals surface area contributed by atoms with Gasteiger partial charge in [0, 0.05) is 54.6 Å². The van der Waals surface area contributed by atoms with Crippen molar-refractivity contribution in [2.24, 2.45) is 0 Å². The van der Waals surface area contributed by atoms with E-state index < -0.39 is 0 Å². The van der Waals surface area contributed by atoms with Gasteiger partial charge in [-0.1, -0.05) is 18.2 Å². The van der Waals surface area contributed by atoms with Gasteiger partial charge in [-0.05, 0) is 41.8 Å². The van der Waals surface area contributed by atoms with Gasteiger partial charge in [0.25, 0.3) is 0 Å². The predicted molar refractivity (Wildman–Crippen MR) is 128 cm³/mol. The molecule has 156 valence electrons. The first-order valence-electron chi connectivity index (χ1n) is 10.5. The highest BCUT2D eigenvalue weighted by molar-refractivity contribution is 5.99. The molecular weight excluding hydrogens is 398 g/mol. The van der Waals surface area contributed by atoms with Gasteiger partial charge in [0.2, 0.25) is 0 Å². The Kier molecular flexibility index (Phi) is 4.14. The van der Waals surface area contributed by atoms with E-state index in [2.05, 4.69) is 72.6 Å². The summed E-state index contributed by atoms with van der Waals surface area (Å²) in [5, 5.41) is 9.63. The zero-order chi connectivity index (χ0) is 21.7. The molecule has 1 aliphatic rings. The van der Waals surface area contributed by atoms with Crippen molar-refractivity contribution in [3.8, 4) is 22.5 Å². The van der Waals surface area contributed by atoms with Crippen LogP contribution >= 0.6 is 0 Å². The van der Waals surface area contributed by atoms with Gasteiger partial charge in [-0.3, -0.25) is 10.1 Å².